The molecule has 1 saturated heterocycles. The predicted octanol–water partition coefficient (Wildman–Crippen LogP) is 3.03. The number of hydrogen-bond acceptors (Lipinski definition) is 6. The van der Waals surface area contributed by atoms with E-state index in [-0.39, 0.29) is 43.7 Å². The molecule has 0 atom stereocenters. The second-order valence-electron chi connectivity index (χ2n) is 6.56. The van der Waals surface area contributed by atoms with E-state index in [9.17, 15) is 31.1 Å². The van der Waals surface area contributed by atoms with E-state index in [1.807, 2.05) is 0 Å². The van der Waals surface area contributed by atoms with Crippen LogP contribution in [0.15, 0.2) is 30.8 Å². The van der Waals surface area contributed by atoms with E-state index >= 15 is 0 Å². The van der Waals surface area contributed by atoms with Crippen molar-refractivity contribution in [1.29, 1.82) is 0 Å². The first-order chi connectivity index (χ1) is 14.9. The van der Waals surface area contributed by atoms with E-state index in [1.165, 1.54) is 4.90 Å². The Hall–Kier alpha value is -3.12. The van der Waals surface area contributed by atoms with Crippen molar-refractivity contribution >= 4 is 11.9 Å². The standard InChI is InChI=1S/C18H17F6N5O2/c19-17(20,21)12-7-14(11-25-8-12)31-6-1-15(30)28-2-4-29(5-3-28)16-26-9-13(10-27-16)18(22,23)24/h7-11H,1-6H2/i8D. The molecule has 3 heterocycles. The first kappa shape index (κ1) is 21.1. The summed E-state index contributed by atoms with van der Waals surface area (Å²) in [5, 5.41) is 0. The van der Waals surface area contributed by atoms with Crippen molar-refractivity contribution in [3.63, 3.8) is 0 Å². The lowest BCUT2D eigenvalue weighted by Crippen LogP contribution is -2.49. The molecule has 0 bridgehead atoms. The fourth-order valence-electron chi connectivity index (χ4n) is 2.80. The topological polar surface area (TPSA) is 71.5 Å². The molecule has 0 N–H and O–H groups in total. The zero-order valence-corrected chi connectivity index (χ0v) is 15.9. The molecular weight excluding hydrogens is 432 g/mol. The smallest absolute Gasteiger partial charge is 0.419 e. The Bertz CT molecular complexity index is 946. The molecule has 0 unspecified atom stereocenters. The molecule has 168 valence electrons. The normalized spacial score (nSPS) is 15.6. The number of hydrogen-bond donors (Lipinski definition) is 0. The molecule has 31 heavy (non-hydrogen) atoms. The van der Waals surface area contributed by atoms with Gasteiger partial charge in [-0.2, -0.15) is 26.3 Å². The minimum Gasteiger partial charge on any atom is -0.491 e. The molecule has 13 heteroatoms. The van der Waals surface area contributed by atoms with Crippen LogP contribution >= 0.6 is 0 Å². The van der Waals surface area contributed by atoms with Crippen LogP contribution in [0.5, 0.6) is 5.75 Å². The molecule has 1 aliphatic rings. The lowest BCUT2D eigenvalue weighted by atomic mass is 10.2. The average molecular weight is 450 g/mol. The number of rotatable bonds is 5. The van der Waals surface area contributed by atoms with Crippen LogP contribution in [0.1, 0.15) is 18.9 Å². The number of piperazine rings is 1. The molecular formula is C18H17F6N5O2. The molecule has 1 aliphatic heterocycles. The van der Waals surface area contributed by atoms with Gasteiger partial charge in [0.05, 0.1) is 31.7 Å². The summed E-state index contributed by atoms with van der Waals surface area (Å²) in [6.07, 6.45) is -7.91. The first-order valence-corrected chi connectivity index (χ1v) is 9.04. The maximum Gasteiger partial charge on any atom is 0.419 e. The minimum absolute atomic E-state index is 0.0965. The van der Waals surface area contributed by atoms with Gasteiger partial charge in [-0.1, -0.05) is 0 Å². The summed E-state index contributed by atoms with van der Waals surface area (Å²) in [7, 11) is 0. The van der Waals surface area contributed by atoms with Gasteiger partial charge in [-0.3, -0.25) is 9.78 Å². The molecule has 2 aromatic rings. The van der Waals surface area contributed by atoms with Crippen LogP contribution in [0.2, 0.25) is 0 Å². The summed E-state index contributed by atoms with van der Waals surface area (Å²) in [4.78, 5) is 26.3. The van der Waals surface area contributed by atoms with Gasteiger partial charge >= 0.3 is 12.4 Å². The molecule has 3 rings (SSSR count). The third-order valence-corrected chi connectivity index (χ3v) is 4.43. The molecule has 7 nitrogen and oxygen atoms in total. The van der Waals surface area contributed by atoms with Crippen LogP contribution in [-0.2, 0) is 17.1 Å². The number of halogens is 6. The molecule has 1 fully saturated rings. The summed E-state index contributed by atoms with van der Waals surface area (Å²) >= 11 is 0. The van der Waals surface area contributed by atoms with Crippen LogP contribution in [0.3, 0.4) is 0 Å². The van der Waals surface area contributed by atoms with E-state index in [0.717, 1.165) is 6.20 Å². The maximum absolute atomic E-state index is 12.8. The van der Waals surface area contributed by atoms with Gasteiger partial charge < -0.3 is 14.5 Å². The van der Waals surface area contributed by atoms with Crippen LogP contribution in [0.4, 0.5) is 32.3 Å². The first-order valence-electron chi connectivity index (χ1n) is 9.54. The monoisotopic (exact) mass is 450 g/mol. The van der Waals surface area contributed by atoms with E-state index in [4.69, 9.17) is 6.11 Å². The average Bonchev–Trinajstić information content (AvgIpc) is 2.73. The highest BCUT2D eigenvalue weighted by Gasteiger charge is 2.32. The number of pyridine rings is 1. The fourth-order valence-corrected chi connectivity index (χ4v) is 2.80. The van der Waals surface area contributed by atoms with Gasteiger partial charge in [-0.25, -0.2) is 9.97 Å². The van der Waals surface area contributed by atoms with Crippen molar-refractivity contribution in [3.05, 3.63) is 42.0 Å². The van der Waals surface area contributed by atoms with Crippen LogP contribution in [0, 0.1) is 0 Å². The molecule has 0 radical (unpaired) electrons. The fraction of sp³-hybridized carbons (Fsp3) is 0.444. The highest BCUT2D eigenvalue weighted by atomic mass is 19.4. The largest absolute Gasteiger partial charge is 0.491 e. The van der Waals surface area contributed by atoms with Gasteiger partial charge in [-0.05, 0) is 6.07 Å². The lowest BCUT2D eigenvalue weighted by Gasteiger charge is -2.34. The third-order valence-electron chi connectivity index (χ3n) is 4.43. The van der Waals surface area contributed by atoms with Crippen molar-refractivity contribution in [3.8, 4) is 5.75 Å². The van der Waals surface area contributed by atoms with Crippen LogP contribution in [-0.4, -0.2) is 58.5 Å². The Labute approximate surface area is 174 Å². The van der Waals surface area contributed by atoms with Crippen molar-refractivity contribution in [2.75, 3.05) is 37.7 Å². The number of carbonyl (C=O) groups is 1. The lowest BCUT2D eigenvalue weighted by molar-refractivity contribution is -0.138. The summed E-state index contributed by atoms with van der Waals surface area (Å²) in [5.41, 5.74) is -2.19. The van der Waals surface area contributed by atoms with Crippen molar-refractivity contribution < 1.29 is 37.2 Å². The predicted molar refractivity (Wildman–Crippen MR) is 95.2 cm³/mol. The van der Waals surface area contributed by atoms with Crippen molar-refractivity contribution in [2.24, 2.45) is 0 Å². The van der Waals surface area contributed by atoms with Crippen LogP contribution < -0.4 is 9.64 Å². The Balaban J connectivity index is 1.47. The molecule has 0 aliphatic carbocycles. The summed E-state index contributed by atoms with van der Waals surface area (Å²) in [6, 6.07) is 0.655. The number of nitrogens with zero attached hydrogens (tertiary/aromatic N) is 5. The van der Waals surface area contributed by atoms with Gasteiger partial charge in [0.2, 0.25) is 11.9 Å². The Morgan fingerprint density at radius 3 is 2.19 bits per heavy atom. The van der Waals surface area contributed by atoms with Crippen molar-refractivity contribution in [1.82, 2.24) is 19.9 Å². The molecule has 2 aromatic heterocycles. The Morgan fingerprint density at radius 1 is 1.00 bits per heavy atom. The molecule has 1 amide bonds. The SMILES string of the molecule is [2H]c1ncc(OCCC(=O)N2CCN(c3ncc(C(F)(F)F)cn3)CC2)cc1C(F)(F)F. The van der Waals surface area contributed by atoms with Crippen molar-refractivity contribution in [2.45, 2.75) is 18.8 Å². The van der Waals surface area contributed by atoms with Gasteiger partial charge in [-0.15, -0.1) is 0 Å². The number of ether oxygens (including phenoxy) is 1. The quantitative estimate of drug-likeness (QED) is 0.653. The maximum atomic E-state index is 12.8. The van der Waals surface area contributed by atoms with Crippen LogP contribution in [0.25, 0.3) is 0 Å². The zero-order chi connectivity index (χ0) is 23.5. The molecule has 0 aromatic carbocycles. The van der Waals surface area contributed by atoms with Gasteiger partial charge in [0.1, 0.15) is 5.75 Å². The van der Waals surface area contributed by atoms with E-state index in [0.29, 0.717) is 31.5 Å². The minimum atomic E-state index is -4.74. The Morgan fingerprint density at radius 2 is 1.61 bits per heavy atom. The van der Waals surface area contributed by atoms with Gasteiger partial charge in [0.15, 0.2) is 0 Å². The third kappa shape index (κ3) is 5.95. The second kappa shape index (κ2) is 8.94. The summed E-state index contributed by atoms with van der Waals surface area (Å²) in [6.45, 7) is 0.980. The van der Waals surface area contributed by atoms with E-state index in [1.54, 1.807) is 4.90 Å². The number of carbonyl (C=O) groups excluding carboxylic acids is 1. The van der Waals surface area contributed by atoms with E-state index < -0.39 is 29.7 Å². The molecule has 0 spiro atoms. The summed E-state index contributed by atoms with van der Waals surface area (Å²) < 4.78 is 88.6. The van der Waals surface area contributed by atoms with E-state index in [2.05, 4.69) is 15.0 Å². The zero-order valence-electron chi connectivity index (χ0n) is 16.9. The number of amides is 1. The number of anilines is 1. The Kier molecular flexibility index (Phi) is 6.09. The molecule has 0 saturated carbocycles. The number of aromatic nitrogens is 3. The second-order valence-corrected chi connectivity index (χ2v) is 6.56. The highest BCUT2D eigenvalue weighted by molar-refractivity contribution is 5.76. The van der Waals surface area contributed by atoms with Gasteiger partial charge in [0, 0.05) is 44.7 Å². The number of alkyl halides is 6. The summed E-state index contributed by atoms with van der Waals surface area (Å²) in [5.74, 6) is -0.372. The van der Waals surface area contributed by atoms with Gasteiger partial charge in [0.25, 0.3) is 0 Å². The highest BCUT2D eigenvalue weighted by Crippen LogP contribution is 2.30.